The van der Waals surface area contributed by atoms with Crippen molar-refractivity contribution in [3.05, 3.63) is 136 Å². The molecular formula is C44H46BrN5O5. The summed E-state index contributed by atoms with van der Waals surface area (Å²) in [5.41, 5.74) is 3.56. The normalized spacial score (nSPS) is 22.4. The Hall–Kier alpha value is -4.81. The first kappa shape index (κ1) is 37.1. The van der Waals surface area contributed by atoms with Crippen LogP contribution >= 0.6 is 15.9 Å². The molecule has 4 heterocycles. The molecule has 4 aromatic rings. The van der Waals surface area contributed by atoms with Crippen molar-refractivity contribution in [2.45, 2.75) is 62.9 Å². The number of carbonyl (C=O) groups excluding carboxylic acids is 3. The molecule has 0 unspecified atom stereocenters. The van der Waals surface area contributed by atoms with E-state index in [0.29, 0.717) is 30.9 Å². The van der Waals surface area contributed by atoms with E-state index in [1.54, 1.807) is 34.9 Å². The number of halogens is 1. The van der Waals surface area contributed by atoms with Gasteiger partial charge in [0.1, 0.15) is 5.54 Å². The van der Waals surface area contributed by atoms with Gasteiger partial charge in [0.15, 0.2) is 5.60 Å². The maximum absolute atomic E-state index is 14.3. The number of nitrogens with one attached hydrogen (secondary N) is 1. The highest BCUT2D eigenvalue weighted by atomic mass is 79.9. The van der Waals surface area contributed by atoms with Crippen molar-refractivity contribution in [3.8, 4) is 0 Å². The molecule has 1 spiro atoms. The van der Waals surface area contributed by atoms with Gasteiger partial charge in [-0.15, -0.1) is 0 Å². The van der Waals surface area contributed by atoms with Gasteiger partial charge in [-0.25, -0.2) is 0 Å². The average molecular weight is 805 g/mol. The van der Waals surface area contributed by atoms with Crippen LogP contribution in [0.3, 0.4) is 0 Å². The summed E-state index contributed by atoms with van der Waals surface area (Å²) in [7, 11) is 0. The van der Waals surface area contributed by atoms with E-state index in [2.05, 4.69) is 38.3 Å². The molecular weight excluding hydrogens is 758 g/mol. The molecule has 4 aliphatic rings. The maximum atomic E-state index is 14.3. The molecule has 2 saturated heterocycles. The van der Waals surface area contributed by atoms with Crippen molar-refractivity contribution in [2.24, 2.45) is 5.92 Å². The van der Waals surface area contributed by atoms with Gasteiger partial charge in [-0.2, -0.15) is 0 Å². The van der Waals surface area contributed by atoms with Crippen LogP contribution in [-0.4, -0.2) is 70.8 Å². The lowest BCUT2D eigenvalue weighted by Gasteiger charge is -2.39. The van der Waals surface area contributed by atoms with Gasteiger partial charge in [-0.05, 0) is 91.5 Å². The number of anilines is 3. The summed E-state index contributed by atoms with van der Waals surface area (Å²) in [5.74, 6) is -1.12. The number of nitrogens with zero attached hydrogens (tertiary/aromatic N) is 4. The van der Waals surface area contributed by atoms with Gasteiger partial charge < -0.3 is 30.2 Å². The van der Waals surface area contributed by atoms with Crippen LogP contribution in [0.1, 0.15) is 48.4 Å². The Morgan fingerprint density at radius 3 is 2.36 bits per heavy atom. The smallest absolute Gasteiger partial charge is 0.264 e. The van der Waals surface area contributed by atoms with E-state index >= 15 is 0 Å². The van der Waals surface area contributed by atoms with E-state index in [-0.39, 0.29) is 37.4 Å². The number of rotatable bonds is 9. The Morgan fingerprint density at radius 2 is 1.64 bits per heavy atom. The van der Waals surface area contributed by atoms with E-state index in [9.17, 15) is 24.6 Å². The second kappa shape index (κ2) is 15.0. The third-order valence-corrected chi connectivity index (χ3v) is 12.5. The molecule has 284 valence electrons. The maximum Gasteiger partial charge on any atom is 0.264 e. The molecule has 4 aromatic carbocycles. The Labute approximate surface area is 330 Å². The topological polar surface area (TPSA) is 117 Å². The first-order valence-corrected chi connectivity index (χ1v) is 19.9. The fourth-order valence-corrected chi connectivity index (χ4v) is 9.24. The fraction of sp³-hybridized carbons (Fsp3) is 0.341. The minimum atomic E-state index is -1.86. The van der Waals surface area contributed by atoms with Gasteiger partial charge in [0.05, 0.1) is 31.5 Å². The minimum Gasteiger partial charge on any atom is -0.394 e. The van der Waals surface area contributed by atoms with Crippen LogP contribution in [0.25, 0.3) is 0 Å². The van der Waals surface area contributed by atoms with Crippen LogP contribution in [0, 0.1) is 5.92 Å². The highest BCUT2D eigenvalue weighted by Crippen LogP contribution is 2.47. The lowest BCUT2D eigenvalue weighted by atomic mass is 9.83. The summed E-state index contributed by atoms with van der Waals surface area (Å²) in [5, 5.41) is 25.7. The van der Waals surface area contributed by atoms with Crippen molar-refractivity contribution in [1.82, 2.24) is 10.2 Å². The monoisotopic (exact) mass is 803 g/mol. The predicted octanol–water partition coefficient (Wildman–Crippen LogP) is 5.64. The average Bonchev–Trinajstić information content (AvgIpc) is 3.60. The van der Waals surface area contributed by atoms with Crippen LogP contribution in [0.2, 0.25) is 0 Å². The number of piperidine rings is 1. The summed E-state index contributed by atoms with van der Waals surface area (Å²) in [6.45, 7) is 4.33. The van der Waals surface area contributed by atoms with Crippen LogP contribution < -0.4 is 20.0 Å². The summed E-state index contributed by atoms with van der Waals surface area (Å²) in [6.07, 6.45) is 5.59. The minimum absolute atomic E-state index is 0.0787. The quantitative estimate of drug-likeness (QED) is 0.188. The van der Waals surface area contributed by atoms with Gasteiger partial charge in [0.2, 0.25) is 5.91 Å². The van der Waals surface area contributed by atoms with Crippen LogP contribution in [0.5, 0.6) is 0 Å². The fourth-order valence-electron chi connectivity index (χ4n) is 8.88. The Kier molecular flexibility index (Phi) is 10.1. The summed E-state index contributed by atoms with van der Waals surface area (Å²) >= 11 is 3.53. The Bertz CT molecular complexity index is 2120. The van der Waals surface area contributed by atoms with E-state index in [1.165, 1.54) is 0 Å². The van der Waals surface area contributed by atoms with Gasteiger partial charge in [0, 0.05) is 40.3 Å². The van der Waals surface area contributed by atoms with Gasteiger partial charge in [0.25, 0.3) is 11.8 Å². The van der Waals surface area contributed by atoms with Crippen LogP contribution in [0.15, 0.2) is 114 Å². The zero-order chi connectivity index (χ0) is 38.3. The second-order valence-corrected chi connectivity index (χ2v) is 16.1. The number of aliphatic hydroxyl groups is 2. The highest BCUT2D eigenvalue weighted by Gasteiger charge is 2.54. The highest BCUT2D eigenvalue weighted by molar-refractivity contribution is 9.10. The molecule has 0 aliphatic carbocycles. The molecule has 3 atom stereocenters. The number of amides is 3. The zero-order valence-corrected chi connectivity index (χ0v) is 32.5. The van der Waals surface area contributed by atoms with Crippen molar-refractivity contribution in [2.75, 3.05) is 41.1 Å². The number of para-hydroxylation sites is 1. The van der Waals surface area contributed by atoms with Crippen LogP contribution in [-0.2, 0) is 39.5 Å². The van der Waals surface area contributed by atoms with Crippen molar-refractivity contribution in [1.29, 1.82) is 0 Å². The molecule has 0 saturated carbocycles. The SMILES string of the molecule is C[C@@H](/C=C/CC(=O)N1Cc2ccccc2C[C@H]1CO)[C@]1(O)C(=O)N(Cc2ccc(N3CN(c4ccccc4)C4(CCNCC4)C3=O)cc2)c2ccc(Br)cc21. The van der Waals surface area contributed by atoms with E-state index in [4.69, 9.17) is 0 Å². The molecule has 10 nitrogen and oxygen atoms in total. The molecule has 0 radical (unpaired) electrons. The first-order chi connectivity index (χ1) is 26.6. The third kappa shape index (κ3) is 6.56. The molecule has 55 heavy (non-hydrogen) atoms. The van der Waals surface area contributed by atoms with Crippen molar-refractivity contribution >= 4 is 50.7 Å². The van der Waals surface area contributed by atoms with E-state index in [0.717, 1.165) is 58.5 Å². The van der Waals surface area contributed by atoms with Gasteiger partial charge in [-0.3, -0.25) is 19.3 Å². The van der Waals surface area contributed by atoms with Gasteiger partial charge in [-0.1, -0.05) is 89.6 Å². The van der Waals surface area contributed by atoms with E-state index in [1.807, 2.05) is 83.8 Å². The molecule has 4 aliphatic heterocycles. The first-order valence-electron chi connectivity index (χ1n) is 19.1. The largest absolute Gasteiger partial charge is 0.394 e. The molecule has 3 N–H and O–H groups in total. The Balaban J connectivity index is 0.984. The van der Waals surface area contributed by atoms with Crippen molar-refractivity contribution in [3.63, 3.8) is 0 Å². The zero-order valence-electron chi connectivity index (χ0n) is 30.9. The molecule has 2 fully saturated rings. The summed E-state index contributed by atoms with van der Waals surface area (Å²) < 4.78 is 0.738. The molecule has 11 heteroatoms. The number of aliphatic hydroxyl groups excluding tert-OH is 1. The number of carbonyl (C=O) groups is 3. The molecule has 8 rings (SSSR count). The van der Waals surface area contributed by atoms with Crippen molar-refractivity contribution < 1.29 is 24.6 Å². The predicted molar refractivity (Wildman–Crippen MR) is 216 cm³/mol. The van der Waals surface area contributed by atoms with Gasteiger partial charge >= 0.3 is 0 Å². The third-order valence-electron chi connectivity index (χ3n) is 12.0. The van der Waals surface area contributed by atoms with Crippen LogP contribution in [0.4, 0.5) is 17.1 Å². The number of hydrogen-bond acceptors (Lipinski definition) is 7. The number of benzene rings is 4. The second-order valence-electron chi connectivity index (χ2n) is 15.2. The number of hydrogen-bond donors (Lipinski definition) is 3. The standard InChI is InChI=1S/C44H46BrN5O5/c1-30(8-7-13-40(52)47-27-33-10-6-5-9-32(33)24-37(47)28-51)44(55)38-25-34(45)16-19-39(38)48(42(44)54)26-31-14-17-35(18-15-31)49-29-50(36-11-3-2-4-12-36)43(41(49)53)20-22-46-23-21-43/h2-12,14-19,25,30,37,46,51,55H,13,20-24,26-29H2,1H3/b8-7+/t30-,37-,44+/m0/s1. The molecule has 3 amide bonds. The molecule has 0 bridgehead atoms. The van der Waals surface area contributed by atoms with E-state index < -0.39 is 23.0 Å². The lowest BCUT2D eigenvalue weighted by Crippen LogP contribution is -2.55. The summed E-state index contributed by atoms with van der Waals surface area (Å²) in [6, 6.07) is 31.0. The molecule has 0 aromatic heterocycles. The Morgan fingerprint density at radius 1 is 0.927 bits per heavy atom. The number of fused-ring (bicyclic) bond motifs is 2. The summed E-state index contributed by atoms with van der Waals surface area (Å²) in [4.78, 5) is 49.3. The lowest BCUT2D eigenvalue weighted by molar-refractivity contribution is -0.139.